The summed E-state index contributed by atoms with van der Waals surface area (Å²) < 4.78 is 0. The summed E-state index contributed by atoms with van der Waals surface area (Å²) in [4.78, 5) is 27.6. The van der Waals surface area contributed by atoms with Gasteiger partial charge in [-0.05, 0) is 49.0 Å². The maximum absolute atomic E-state index is 12.5. The van der Waals surface area contributed by atoms with Gasteiger partial charge >= 0.3 is 6.03 Å². The summed E-state index contributed by atoms with van der Waals surface area (Å²) >= 11 is 0. The van der Waals surface area contributed by atoms with Gasteiger partial charge in [-0.2, -0.15) is 0 Å². The van der Waals surface area contributed by atoms with Crippen LogP contribution in [-0.2, 0) is 13.1 Å². The maximum atomic E-state index is 12.5. The standard InChI is InChI=1S/C23H32N6O/c1-19-7-11-27(12-8-19)18-21-5-3-20(4-6-21)17-26-23(30)29-15-13-28(14-16-29)22-24-9-2-10-25-22/h2-6,9-10,19H,7-8,11-18H2,1H3,(H,26,30). The highest BCUT2D eigenvalue weighted by Crippen LogP contribution is 2.18. The van der Waals surface area contributed by atoms with Crippen LogP contribution in [0.2, 0.25) is 0 Å². The number of piperidine rings is 1. The third kappa shape index (κ3) is 5.48. The number of hydrogen-bond acceptors (Lipinski definition) is 5. The molecule has 0 aliphatic carbocycles. The van der Waals surface area contributed by atoms with E-state index in [9.17, 15) is 4.79 Å². The zero-order valence-electron chi connectivity index (χ0n) is 17.8. The summed E-state index contributed by atoms with van der Waals surface area (Å²) in [5.41, 5.74) is 2.48. The highest BCUT2D eigenvalue weighted by atomic mass is 16.2. The molecule has 160 valence electrons. The Kier molecular flexibility index (Phi) is 6.79. The van der Waals surface area contributed by atoms with E-state index in [0.717, 1.165) is 37.1 Å². The predicted molar refractivity (Wildman–Crippen MR) is 118 cm³/mol. The van der Waals surface area contributed by atoms with Gasteiger partial charge in [0.15, 0.2) is 0 Å². The van der Waals surface area contributed by atoms with E-state index < -0.39 is 0 Å². The molecule has 0 unspecified atom stereocenters. The largest absolute Gasteiger partial charge is 0.337 e. The molecule has 2 aliphatic heterocycles. The number of piperazine rings is 1. The number of likely N-dealkylation sites (tertiary alicyclic amines) is 1. The van der Waals surface area contributed by atoms with Crippen molar-refractivity contribution in [2.45, 2.75) is 32.9 Å². The van der Waals surface area contributed by atoms with Gasteiger partial charge in [-0.3, -0.25) is 4.90 Å². The smallest absolute Gasteiger partial charge is 0.317 e. The van der Waals surface area contributed by atoms with Gasteiger partial charge in [0.2, 0.25) is 5.95 Å². The molecule has 0 bridgehead atoms. The highest BCUT2D eigenvalue weighted by molar-refractivity contribution is 5.74. The van der Waals surface area contributed by atoms with Crippen molar-refractivity contribution in [2.24, 2.45) is 5.92 Å². The minimum Gasteiger partial charge on any atom is -0.337 e. The molecule has 1 aromatic carbocycles. The first-order valence-electron chi connectivity index (χ1n) is 11.0. The number of carbonyl (C=O) groups is 1. The molecule has 1 aromatic heterocycles. The molecule has 2 aromatic rings. The second kappa shape index (κ2) is 9.89. The monoisotopic (exact) mass is 408 g/mol. The number of hydrogen-bond donors (Lipinski definition) is 1. The van der Waals surface area contributed by atoms with Crippen LogP contribution in [0, 0.1) is 5.92 Å². The number of nitrogens with one attached hydrogen (secondary N) is 1. The predicted octanol–water partition coefficient (Wildman–Crippen LogP) is 2.74. The quantitative estimate of drug-likeness (QED) is 0.824. The van der Waals surface area contributed by atoms with Crippen LogP contribution in [-0.4, -0.2) is 65.1 Å². The lowest BCUT2D eigenvalue weighted by Gasteiger charge is -2.34. The first-order valence-corrected chi connectivity index (χ1v) is 11.0. The van der Waals surface area contributed by atoms with Crippen LogP contribution in [0.4, 0.5) is 10.7 Å². The van der Waals surface area contributed by atoms with E-state index in [1.807, 2.05) is 11.0 Å². The summed E-state index contributed by atoms with van der Waals surface area (Å²) in [7, 11) is 0. The van der Waals surface area contributed by atoms with Crippen molar-refractivity contribution in [3.8, 4) is 0 Å². The number of rotatable bonds is 5. The molecule has 2 aliphatic rings. The minimum atomic E-state index is -0.00450. The first kappa shape index (κ1) is 20.6. The van der Waals surface area contributed by atoms with E-state index in [4.69, 9.17) is 0 Å². The summed E-state index contributed by atoms with van der Waals surface area (Å²) in [6.07, 6.45) is 6.10. The van der Waals surface area contributed by atoms with Crippen molar-refractivity contribution in [1.82, 2.24) is 25.1 Å². The average molecular weight is 409 g/mol. The lowest BCUT2D eigenvalue weighted by Crippen LogP contribution is -2.52. The Bertz CT molecular complexity index is 796. The normalized spacial score (nSPS) is 18.4. The van der Waals surface area contributed by atoms with E-state index >= 15 is 0 Å². The Labute approximate surface area is 179 Å². The molecule has 30 heavy (non-hydrogen) atoms. The Balaban J connectivity index is 1.20. The fourth-order valence-corrected chi connectivity index (χ4v) is 4.09. The van der Waals surface area contributed by atoms with Crippen molar-refractivity contribution < 1.29 is 4.79 Å². The Morgan fingerprint density at radius 1 is 0.967 bits per heavy atom. The third-order valence-corrected chi connectivity index (χ3v) is 6.15. The van der Waals surface area contributed by atoms with Crippen molar-refractivity contribution in [2.75, 3.05) is 44.2 Å². The molecule has 7 heteroatoms. The van der Waals surface area contributed by atoms with Crippen molar-refractivity contribution in [1.29, 1.82) is 0 Å². The zero-order chi connectivity index (χ0) is 20.8. The van der Waals surface area contributed by atoms with Crippen LogP contribution in [0.3, 0.4) is 0 Å². The third-order valence-electron chi connectivity index (χ3n) is 6.15. The van der Waals surface area contributed by atoms with Gasteiger partial charge in [-0.25, -0.2) is 14.8 Å². The second-order valence-electron chi connectivity index (χ2n) is 8.46. The number of aromatic nitrogens is 2. The molecule has 2 saturated heterocycles. The molecular weight excluding hydrogens is 376 g/mol. The van der Waals surface area contributed by atoms with Crippen LogP contribution >= 0.6 is 0 Å². The number of amides is 2. The van der Waals surface area contributed by atoms with E-state index in [1.54, 1.807) is 12.4 Å². The molecule has 7 nitrogen and oxygen atoms in total. The molecule has 2 fully saturated rings. The Morgan fingerprint density at radius 3 is 2.27 bits per heavy atom. The fourth-order valence-electron chi connectivity index (χ4n) is 4.09. The number of urea groups is 1. The van der Waals surface area contributed by atoms with Gasteiger partial charge in [0.1, 0.15) is 0 Å². The molecule has 0 spiro atoms. The summed E-state index contributed by atoms with van der Waals surface area (Å²) in [6, 6.07) is 10.5. The Morgan fingerprint density at radius 2 is 1.60 bits per heavy atom. The van der Waals surface area contributed by atoms with Crippen LogP contribution in [0.25, 0.3) is 0 Å². The summed E-state index contributed by atoms with van der Waals surface area (Å²) in [6.45, 7) is 9.18. The van der Waals surface area contributed by atoms with Crippen molar-refractivity contribution in [3.05, 3.63) is 53.9 Å². The van der Waals surface area contributed by atoms with E-state index in [0.29, 0.717) is 19.6 Å². The number of benzene rings is 1. The topological polar surface area (TPSA) is 64.6 Å². The van der Waals surface area contributed by atoms with Gasteiger partial charge in [-0.15, -0.1) is 0 Å². The molecule has 2 amide bonds. The lowest BCUT2D eigenvalue weighted by atomic mass is 9.99. The van der Waals surface area contributed by atoms with Gasteiger partial charge in [0.05, 0.1) is 0 Å². The van der Waals surface area contributed by atoms with Crippen molar-refractivity contribution in [3.63, 3.8) is 0 Å². The minimum absolute atomic E-state index is 0.00450. The molecule has 0 saturated carbocycles. The van der Waals surface area contributed by atoms with E-state index in [-0.39, 0.29) is 6.03 Å². The molecule has 4 rings (SSSR count). The fraction of sp³-hybridized carbons (Fsp3) is 0.522. The molecule has 0 radical (unpaired) electrons. The van der Waals surface area contributed by atoms with Gasteiger partial charge in [0.25, 0.3) is 0 Å². The van der Waals surface area contributed by atoms with Crippen LogP contribution in [0.5, 0.6) is 0 Å². The molecule has 3 heterocycles. The summed E-state index contributed by atoms with van der Waals surface area (Å²) in [5, 5.41) is 3.06. The van der Waals surface area contributed by atoms with E-state index in [1.165, 1.54) is 31.5 Å². The summed E-state index contributed by atoms with van der Waals surface area (Å²) in [5.74, 6) is 1.60. The number of nitrogens with zero attached hydrogens (tertiary/aromatic N) is 5. The average Bonchev–Trinajstić information content (AvgIpc) is 2.80. The SMILES string of the molecule is CC1CCN(Cc2ccc(CNC(=O)N3CCN(c4ncccn4)CC3)cc2)CC1. The highest BCUT2D eigenvalue weighted by Gasteiger charge is 2.22. The molecule has 0 atom stereocenters. The molecular formula is C23H32N6O. The van der Waals surface area contributed by atoms with Gasteiger partial charge in [0, 0.05) is 51.7 Å². The van der Waals surface area contributed by atoms with Crippen molar-refractivity contribution >= 4 is 12.0 Å². The number of carbonyl (C=O) groups excluding carboxylic acids is 1. The Hall–Kier alpha value is -2.67. The first-order chi connectivity index (χ1) is 14.7. The van der Waals surface area contributed by atoms with Crippen LogP contribution in [0.15, 0.2) is 42.7 Å². The molecule has 1 N–H and O–H groups in total. The number of anilines is 1. The maximum Gasteiger partial charge on any atom is 0.317 e. The lowest BCUT2D eigenvalue weighted by molar-refractivity contribution is 0.185. The van der Waals surface area contributed by atoms with Gasteiger partial charge in [-0.1, -0.05) is 31.2 Å². The van der Waals surface area contributed by atoms with Gasteiger partial charge < -0.3 is 15.1 Å². The van der Waals surface area contributed by atoms with Crippen LogP contribution in [0.1, 0.15) is 30.9 Å². The van der Waals surface area contributed by atoms with E-state index in [2.05, 4.69) is 56.3 Å². The second-order valence-corrected chi connectivity index (χ2v) is 8.46. The van der Waals surface area contributed by atoms with Crippen LogP contribution < -0.4 is 10.2 Å². The zero-order valence-corrected chi connectivity index (χ0v) is 17.8.